The third-order valence-electron chi connectivity index (χ3n) is 2.76. The van der Waals surface area contributed by atoms with E-state index in [0.29, 0.717) is 0 Å². The minimum absolute atomic E-state index is 0.163. The number of hydrogen-bond acceptors (Lipinski definition) is 3. The van der Waals surface area contributed by atoms with E-state index < -0.39 is 42.2 Å². The minimum Gasteiger partial charge on any atom is -0.481 e. The van der Waals surface area contributed by atoms with Gasteiger partial charge in [0.15, 0.2) is 0 Å². The average Bonchev–Trinajstić information content (AvgIpc) is 2.29. The normalized spacial score (nSPS) is 13.6. The van der Waals surface area contributed by atoms with Gasteiger partial charge >= 0.3 is 11.9 Å². The fourth-order valence-electron chi connectivity index (χ4n) is 1.72. The van der Waals surface area contributed by atoms with Crippen molar-refractivity contribution in [3.05, 3.63) is 12.7 Å². The quantitative estimate of drug-likeness (QED) is 0.520. The Morgan fingerprint density at radius 1 is 1.29 bits per heavy atom. The maximum Gasteiger partial charge on any atom is 0.307 e. The van der Waals surface area contributed by atoms with Gasteiger partial charge in [-0.2, -0.15) is 0 Å². The molecule has 0 bridgehead atoms. The summed E-state index contributed by atoms with van der Waals surface area (Å²) in [6, 6.07) is 0. The van der Waals surface area contributed by atoms with Gasteiger partial charge in [0, 0.05) is 12.8 Å². The fourth-order valence-corrected chi connectivity index (χ4v) is 1.72. The largest absolute Gasteiger partial charge is 0.481 e. The summed E-state index contributed by atoms with van der Waals surface area (Å²) < 4.78 is 32.0. The monoisotopic (exact) mass is 306 g/mol. The number of hydrogen-bond donors (Lipinski definition) is 1. The summed E-state index contributed by atoms with van der Waals surface area (Å²) in [5.74, 6) is -6.06. The smallest absolute Gasteiger partial charge is 0.307 e. The van der Waals surface area contributed by atoms with Crippen LogP contribution in [0.25, 0.3) is 0 Å². The Morgan fingerprint density at radius 3 is 2.29 bits per heavy atom. The highest BCUT2D eigenvalue weighted by molar-refractivity contribution is 5.78. The molecule has 1 unspecified atom stereocenters. The Bertz CT molecular complexity index is 372. The van der Waals surface area contributed by atoms with E-state index >= 15 is 0 Å². The van der Waals surface area contributed by atoms with Gasteiger partial charge in [-0.3, -0.25) is 9.59 Å². The lowest BCUT2D eigenvalue weighted by atomic mass is 9.95. The average molecular weight is 306 g/mol. The van der Waals surface area contributed by atoms with E-state index in [1.165, 1.54) is 6.08 Å². The van der Waals surface area contributed by atoms with Crippen molar-refractivity contribution in [2.75, 3.05) is 0 Å². The van der Waals surface area contributed by atoms with Crippen LogP contribution in [-0.2, 0) is 14.3 Å². The molecule has 0 aliphatic carbocycles. The Labute approximate surface area is 124 Å². The molecule has 1 N–H and O–H groups in total. The summed E-state index contributed by atoms with van der Waals surface area (Å²) in [5, 5.41) is 9.02. The zero-order valence-electron chi connectivity index (χ0n) is 12.8. The van der Waals surface area contributed by atoms with Gasteiger partial charge in [0.1, 0.15) is 5.60 Å². The molecule has 0 saturated carbocycles. The molecule has 0 amide bonds. The van der Waals surface area contributed by atoms with E-state index in [0.717, 1.165) is 0 Å². The summed E-state index contributed by atoms with van der Waals surface area (Å²) in [6.45, 7) is 8.34. The van der Waals surface area contributed by atoms with Gasteiger partial charge in [-0.25, -0.2) is 8.78 Å². The van der Waals surface area contributed by atoms with Crippen LogP contribution in [0.3, 0.4) is 0 Å². The molecule has 0 saturated heterocycles. The van der Waals surface area contributed by atoms with Crippen LogP contribution in [0.2, 0.25) is 0 Å². The van der Waals surface area contributed by atoms with Crippen molar-refractivity contribution < 1.29 is 28.2 Å². The number of ether oxygens (including phenoxy) is 1. The first-order chi connectivity index (χ1) is 9.47. The van der Waals surface area contributed by atoms with Crippen LogP contribution in [0.5, 0.6) is 0 Å². The van der Waals surface area contributed by atoms with E-state index in [-0.39, 0.29) is 19.3 Å². The number of halogens is 2. The first-order valence-corrected chi connectivity index (χ1v) is 6.90. The van der Waals surface area contributed by atoms with Crippen LogP contribution in [0.4, 0.5) is 8.78 Å². The standard InChI is InChI=1S/C15H24F2O4/c1-5-6-8-15(16,17)9-7-11(13(19)20)10-12(18)21-14(2,3)4/h5,11H,1,6-10H2,2-4H3,(H,19,20). The number of alkyl halides is 2. The Balaban J connectivity index is 4.47. The topological polar surface area (TPSA) is 63.6 Å². The maximum absolute atomic E-state index is 13.5. The van der Waals surface area contributed by atoms with Crippen molar-refractivity contribution in [1.29, 1.82) is 0 Å². The van der Waals surface area contributed by atoms with Crippen molar-refractivity contribution in [3.63, 3.8) is 0 Å². The lowest BCUT2D eigenvalue weighted by Crippen LogP contribution is -2.28. The molecular formula is C15H24F2O4. The van der Waals surface area contributed by atoms with Crippen LogP contribution >= 0.6 is 0 Å². The van der Waals surface area contributed by atoms with Gasteiger partial charge in [0.25, 0.3) is 0 Å². The van der Waals surface area contributed by atoms with Crippen LogP contribution < -0.4 is 0 Å². The van der Waals surface area contributed by atoms with Crippen LogP contribution in [-0.4, -0.2) is 28.6 Å². The predicted molar refractivity (Wildman–Crippen MR) is 75.2 cm³/mol. The lowest BCUT2D eigenvalue weighted by Gasteiger charge is -2.22. The van der Waals surface area contributed by atoms with Gasteiger partial charge in [-0.05, 0) is 33.6 Å². The molecule has 0 spiro atoms. The zero-order valence-corrected chi connectivity index (χ0v) is 12.8. The Kier molecular flexibility index (Phi) is 7.53. The number of rotatable bonds is 9. The molecule has 21 heavy (non-hydrogen) atoms. The van der Waals surface area contributed by atoms with Gasteiger partial charge in [0.05, 0.1) is 12.3 Å². The summed E-state index contributed by atoms with van der Waals surface area (Å²) in [6.07, 6.45) is -0.0428. The van der Waals surface area contributed by atoms with E-state index in [1.54, 1.807) is 20.8 Å². The molecular weight excluding hydrogens is 282 g/mol. The molecule has 0 rings (SSSR count). The summed E-state index contributed by atoms with van der Waals surface area (Å²) in [5.41, 5.74) is -0.728. The van der Waals surface area contributed by atoms with E-state index in [1.807, 2.05) is 0 Å². The number of esters is 1. The molecule has 0 radical (unpaired) electrons. The van der Waals surface area contributed by atoms with Gasteiger partial charge in [-0.1, -0.05) is 6.08 Å². The Morgan fingerprint density at radius 2 is 1.86 bits per heavy atom. The van der Waals surface area contributed by atoms with Crippen molar-refractivity contribution in [3.8, 4) is 0 Å². The molecule has 6 heteroatoms. The number of aliphatic carboxylic acids is 1. The van der Waals surface area contributed by atoms with Crippen LogP contribution in [0.1, 0.15) is 52.9 Å². The number of carbonyl (C=O) groups is 2. The Hall–Kier alpha value is -1.46. The lowest BCUT2D eigenvalue weighted by molar-refractivity contribution is -0.160. The minimum atomic E-state index is -2.95. The molecule has 0 aliphatic rings. The van der Waals surface area contributed by atoms with Crippen LogP contribution in [0.15, 0.2) is 12.7 Å². The van der Waals surface area contributed by atoms with Crippen molar-refractivity contribution >= 4 is 11.9 Å². The van der Waals surface area contributed by atoms with E-state index in [9.17, 15) is 18.4 Å². The SMILES string of the molecule is C=CCCC(F)(F)CCC(CC(=O)OC(C)(C)C)C(=O)O. The molecule has 4 nitrogen and oxygen atoms in total. The second-order valence-corrected chi connectivity index (χ2v) is 6.05. The highest BCUT2D eigenvalue weighted by Crippen LogP contribution is 2.29. The van der Waals surface area contributed by atoms with Gasteiger partial charge in [0.2, 0.25) is 5.92 Å². The fraction of sp³-hybridized carbons (Fsp3) is 0.733. The third kappa shape index (κ3) is 9.98. The summed E-state index contributed by atoms with van der Waals surface area (Å²) in [7, 11) is 0. The number of allylic oxidation sites excluding steroid dienone is 1. The molecule has 0 heterocycles. The van der Waals surface area contributed by atoms with Crippen molar-refractivity contribution in [2.45, 2.75) is 64.4 Å². The maximum atomic E-state index is 13.5. The van der Waals surface area contributed by atoms with Gasteiger partial charge < -0.3 is 9.84 Å². The summed E-state index contributed by atoms with van der Waals surface area (Å²) in [4.78, 5) is 22.6. The van der Waals surface area contributed by atoms with E-state index in [2.05, 4.69) is 6.58 Å². The summed E-state index contributed by atoms with van der Waals surface area (Å²) >= 11 is 0. The molecule has 0 fully saturated rings. The molecule has 0 aromatic carbocycles. The van der Waals surface area contributed by atoms with Crippen molar-refractivity contribution in [1.82, 2.24) is 0 Å². The molecule has 0 aromatic heterocycles. The highest BCUT2D eigenvalue weighted by Gasteiger charge is 2.32. The molecule has 0 aliphatic heterocycles. The molecule has 1 atom stereocenters. The highest BCUT2D eigenvalue weighted by atomic mass is 19.3. The predicted octanol–water partition coefficient (Wildman–Crippen LogP) is 3.80. The first-order valence-electron chi connectivity index (χ1n) is 6.90. The number of carboxylic acids is 1. The van der Waals surface area contributed by atoms with Crippen molar-refractivity contribution in [2.24, 2.45) is 5.92 Å². The first kappa shape index (κ1) is 19.5. The zero-order chi connectivity index (χ0) is 16.7. The third-order valence-corrected chi connectivity index (χ3v) is 2.76. The second-order valence-electron chi connectivity index (χ2n) is 6.05. The second kappa shape index (κ2) is 8.10. The number of carboxylic acid groups (broad SMARTS) is 1. The molecule has 122 valence electrons. The molecule has 0 aromatic rings. The number of carbonyl (C=O) groups excluding carboxylic acids is 1. The van der Waals surface area contributed by atoms with Crippen LogP contribution in [0, 0.1) is 5.92 Å². The van der Waals surface area contributed by atoms with Gasteiger partial charge in [-0.15, -0.1) is 6.58 Å². The van der Waals surface area contributed by atoms with E-state index in [4.69, 9.17) is 9.84 Å².